The Bertz CT molecular complexity index is 380. The summed E-state index contributed by atoms with van der Waals surface area (Å²) >= 11 is 0. The summed E-state index contributed by atoms with van der Waals surface area (Å²) in [5.74, 6) is -2.06. The summed E-state index contributed by atoms with van der Waals surface area (Å²) in [6, 6.07) is 1.75. The van der Waals surface area contributed by atoms with Gasteiger partial charge in [-0.05, 0) is 16.7 Å². The molecule has 0 atom stereocenters. The van der Waals surface area contributed by atoms with E-state index in [2.05, 4.69) is 5.18 Å². The summed E-state index contributed by atoms with van der Waals surface area (Å²) in [5.41, 5.74) is -0.254. The van der Waals surface area contributed by atoms with Crippen LogP contribution >= 0.6 is 0 Å². The van der Waals surface area contributed by atoms with Crippen LogP contribution in [0.15, 0.2) is 17.3 Å². The maximum atomic E-state index is 12.7. The molecule has 0 aliphatic carbocycles. The van der Waals surface area contributed by atoms with E-state index in [1.54, 1.807) is 0 Å². The molecule has 0 fully saturated rings. The van der Waals surface area contributed by atoms with Crippen LogP contribution in [-0.2, 0) is 0 Å². The molecule has 1 rings (SSSR count). The topological polar surface area (TPSA) is 66.7 Å². The molecule has 0 aliphatic rings. The van der Waals surface area contributed by atoms with Crippen LogP contribution in [0.5, 0.6) is 0 Å². The second-order valence-corrected chi connectivity index (χ2v) is 2.49. The van der Waals surface area contributed by atoms with Gasteiger partial charge in [0.2, 0.25) is 0 Å². The Kier molecular flexibility index (Phi) is 2.41. The van der Waals surface area contributed by atoms with Gasteiger partial charge in [0, 0.05) is 6.07 Å². The van der Waals surface area contributed by atoms with Crippen molar-refractivity contribution >= 4 is 25.0 Å². The van der Waals surface area contributed by atoms with Crippen LogP contribution in [-0.4, -0.2) is 18.9 Å². The Morgan fingerprint density at radius 1 is 1.54 bits per heavy atom. The molecule has 0 heterocycles. The van der Waals surface area contributed by atoms with Crippen molar-refractivity contribution in [2.45, 2.75) is 0 Å². The monoisotopic (exact) mass is 181 g/mol. The lowest BCUT2D eigenvalue weighted by molar-refractivity contribution is 0.0698. The standard InChI is InChI=1S/C7H5BFNO3/c8-6-4(7(11)12)1-3(9)2-5(6)10-13/h1-2H,8H2,(H,11,12). The number of benzene rings is 1. The van der Waals surface area contributed by atoms with Gasteiger partial charge in [-0.2, -0.15) is 0 Å². The quantitative estimate of drug-likeness (QED) is 0.522. The molecule has 1 aromatic carbocycles. The number of halogens is 1. The molecule has 0 spiro atoms. The van der Waals surface area contributed by atoms with Gasteiger partial charge in [-0.25, -0.2) is 9.18 Å². The minimum atomic E-state index is -1.28. The zero-order valence-electron chi connectivity index (χ0n) is 6.74. The normalized spacial score (nSPS) is 9.62. The maximum absolute atomic E-state index is 12.7. The minimum Gasteiger partial charge on any atom is -0.478 e. The fraction of sp³-hybridized carbons (Fsp3) is 0. The van der Waals surface area contributed by atoms with Gasteiger partial charge >= 0.3 is 5.97 Å². The number of carboxylic acid groups (broad SMARTS) is 1. The van der Waals surface area contributed by atoms with Crippen molar-refractivity contribution in [2.75, 3.05) is 0 Å². The molecule has 1 N–H and O–H groups in total. The molecule has 0 bridgehead atoms. The third kappa shape index (κ3) is 1.72. The van der Waals surface area contributed by atoms with Crippen LogP contribution in [0.1, 0.15) is 10.4 Å². The highest BCUT2D eigenvalue weighted by Crippen LogP contribution is 2.12. The molecule has 1 aromatic rings. The van der Waals surface area contributed by atoms with Crippen LogP contribution in [0.4, 0.5) is 10.1 Å². The first-order chi connectivity index (χ1) is 6.06. The second-order valence-electron chi connectivity index (χ2n) is 2.49. The van der Waals surface area contributed by atoms with Gasteiger partial charge in [0.25, 0.3) is 0 Å². The molecule has 0 aromatic heterocycles. The lowest BCUT2D eigenvalue weighted by atomic mass is 9.88. The van der Waals surface area contributed by atoms with E-state index in [-0.39, 0.29) is 16.7 Å². The van der Waals surface area contributed by atoms with E-state index in [1.807, 2.05) is 0 Å². The molecule has 13 heavy (non-hydrogen) atoms. The number of carbonyl (C=O) groups is 1. The minimum absolute atomic E-state index is 0.170. The summed E-state index contributed by atoms with van der Waals surface area (Å²) < 4.78 is 12.7. The van der Waals surface area contributed by atoms with Gasteiger partial charge in [0.1, 0.15) is 19.4 Å². The van der Waals surface area contributed by atoms with E-state index in [9.17, 15) is 14.1 Å². The Morgan fingerprint density at radius 2 is 2.15 bits per heavy atom. The molecule has 0 saturated heterocycles. The summed E-state index contributed by atoms with van der Waals surface area (Å²) in [7, 11) is 1.40. The third-order valence-corrected chi connectivity index (χ3v) is 1.67. The van der Waals surface area contributed by atoms with E-state index in [1.165, 1.54) is 7.85 Å². The lowest BCUT2D eigenvalue weighted by Gasteiger charge is -2.02. The molecular formula is C7H5BFNO3. The second kappa shape index (κ2) is 3.34. The SMILES string of the molecule is Bc1c(N=O)cc(F)cc1C(=O)O. The first-order valence-corrected chi connectivity index (χ1v) is 3.43. The molecule has 0 saturated carbocycles. The van der Waals surface area contributed by atoms with Gasteiger partial charge in [0.05, 0.1) is 5.56 Å². The number of nitrogens with zero attached hydrogens (tertiary/aromatic N) is 1. The highest BCUT2D eigenvalue weighted by Gasteiger charge is 2.12. The summed E-state index contributed by atoms with van der Waals surface area (Å²) in [4.78, 5) is 20.7. The van der Waals surface area contributed by atoms with Gasteiger partial charge < -0.3 is 5.11 Å². The average molecular weight is 181 g/mol. The van der Waals surface area contributed by atoms with Crippen molar-refractivity contribution in [1.82, 2.24) is 0 Å². The van der Waals surface area contributed by atoms with Gasteiger partial charge in [-0.3, -0.25) is 0 Å². The van der Waals surface area contributed by atoms with Crippen molar-refractivity contribution in [3.8, 4) is 0 Å². The van der Waals surface area contributed by atoms with Gasteiger partial charge in [0.15, 0.2) is 0 Å². The number of hydrogen-bond donors (Lipinski definition) is 1. The lowest BCUT2D eigenvalue weighted by Crippen LogP contribution is -2.16. The van der Waals surface area contributed by atoms with E-state index in [0.29, 0.717) is 0 Å². The zero-order valence-corrected chi connectivity index (χ0v) is 6.74. The smallest absolute Gasteiger partial charge is 0.335 e. The molecule has 66 valence electrons. The van der Waals surface area contributed by atoms with Crippen LogP contribution < -0.4 is 5.46 Å². The fourth-order valence-corrected chi connectivity index (χ4v) is 0.982. The highest BCUT2D eigenvalue weighted by atomic mass is 19.1. The Hall–Kier alpha value is -1.72. The molecule has 0 unspecified atom stereocenters. The Balaban J connectivity index is 3.44. The average Bonchev–Trinajstić information content (AvgIpc) is 2.08. The van der Waals surface area contributed by atoms with Crippen molar-refractivity contribution in [1.29, 1.82) is 0 Å². The molecule has 4 nitrogen and oxygen atoms in total. The zero-order chi connectivity index (χ0) is 10.0. The van der Waals surface area contributed by atoms with Crippen LogP contribution in [0.3, 0.4) is 0 Å². The van der Waals surface area contributed by atoms with Crippen LogP contribution in [0.25, 0.3) is 0 Å². The van der Waals surface area contributed by atoms with Gasteiger partial charge in [-0.1, -0.05) is 0 Å². The number of carboxylic acids is 1. The van der Waals surface area contributed by atoms with Gasteiger partial charge in [-0.15, -0.1) is 4.91 Å². The summed E-state index contributed by atoms with van der Waals surface area (Å²) in [5, 5.41) is 11.1. The largest absolute Gasteiger partial charge is 0.478 e. The molecule has 0 radical (unpaired) electrons. The Labute approximate surface area is 73.8 Å². The number of nitroso groups, excluding NO2 is 1. The van der Waals surface area contributed by atoms with E-state index < -0.39 is 11.8 Å². The number of rotatable bonds is 2. The van der Waals surface area contributed by atoms with Crippen molar-refractivity contribution in [2.24, 2.45) is 5.18 Å². The predicted octanol–water partition coefficient (Wildman–Crippen LogP) is 0.180. The third-order valence-electron chi connectivity index (χ3n) is 1.67. The fourth-order valence-electron chi connectivity index (χ4n) is 0.982. The highest BCUT2D eigenvalue weighted by molar-refractivity contribution is 6.39. The molecule has 6 heteroatoms. The first-order valence-electron chi connectivity index (χ1n) is 3.43. The Morgan fingerprint density at radius 3 is 2.62 bits per heavy atom. The molecule has 0 aliphatic heterocycles. The predicted molar refractivity (Wildman–Crippen MR) is 47.0 cm³/mol. The van der Waals surface area contributed by atoms with Crippen molar-refractivity contribution < 1.29 is 14.3 Å². The van der Waals surface area contributed by atoms with Crippen molar-refractivity contribution in [3.63, 3.8) is 0 Å². The van der Waals surface area contributed by atoms with Crippen LogP contribution in [0.2, 0.25) is 0 Å². The molecular weight excluding hydrogens is 176 g/mol. The van der Waals surface area contributed by atoms with Crippen molar-refractivity contribution in [3.05, 3.63) is 28.4 Å². The number of aromatic carboxylic acids is 1. The van der Waals surface area contributed by atoms with E-state index in [0.717, 1.165) is 12.1 Å². The first kappa shape index (κ1) is 9.37. The van der Waals surface area contributed by atoms with E-state index in [4.69, 9.17) is 5.11 Å². The number of hydrogen-bond acceptors (Lipinski definition) is 3. The summed E-state index contributed by atoms with van der Waals surface area (Å²) in [6.07, 6.45) is 0. The van der Waals surface area contributed by atoms with Crippen LogP contribution in [0, 0.1) is 10.7 Å². The molecule has 0 amide bonds. The summed E-state index contributed by atoms with van der Waals surface area (Å²) in [6.45, 7) is 0. The maximum Gasteiger partial charge on any atom is 0.335 e. The van der Waals surface area contributed by atoms with E-state index >= 15 is 0 Å².